The summed E-state index contributed by atoms with van der Waals surface area (Å²) in [7, 11) is 0. The first-order valence-electron chi connectivity index (χ1n) is 10.9. The van der Waals surface area contributed by atoms with Crippen LogP contribution >= 0.6 is 27.5 Å². The van der Waals surface area contributed by atoms with E-state index < -0.39 is 17.3 Å². The normalized spacial score (nSPS) is 23.0. The molecule has 3 atom stereocenters. The number of amides is 1. The van der Waals surface area contributed by atoms with Gasteiger partial charge in [0.15, 0.2) is 5.75 Å². The van der Waals surface area contributed by atoms with Gasteiger partial charge in [-0.25, -0.2) is 9.59 Å². The number of carbonyl (C=O) groups is 1. The summed E-state index contributed by atoms with van der Waals surface area (Å²) in [6.07, 6.45) is -0.363. The molecule has 33 heavy (non-hydrogen) atoms. The molecule has 3 heterocycles. The Bertz CT molecular complexity index is 1160. The van der Waals surface area contributed by atoms with Gasteiger partial charge in [0.2, 0.25) is 0 Å². The zero-order chi connectivity index (χ0) is 24.2. The van der Waals surface area contributed by atoms with E-state index in [1.165, 1.54) is 4.57 Å². The van der Waals surface area contributed by atoms with E-state index in [1.807, 2.05) is 39.5 Å². The Morgan fingerprint density at radius 2 is 2.03 bits per heavy atom. The number of aromatic nitrogens is 2. The topological polar surface area (TPSA) is 97.1 Å². The predicted molar refractivity (Wildman–Crippen MR) is 130 cm³/mol. The second-order valence-corrected chi connectivity index (χ2v) is 10.8. The molecular weight excluding hydrogens is 516 g/mol. The molecule has 11 heteroatoms. The number of benzene rings is 1. The Labute approximate surface area is 205 Å². The molecule has 180 valence electrons. The van der Waals surface area contributed by atoms with Gasteiger partial charge in [-0.3, -0.25) is 4.57 Å². The van der Waals surface area contributed by atoms with E-state index in [2.05, 4.69) is 20.9 Å². The molecule has 1 amide bonds. The number of anilines is 1. The fraction of sp³-hybridized carbons (Fsp3) is 0.591. The third-order valence-electron chi connectivity index (χ3n) is 5.92. The number of rotatable bonds is 2. The molecule has 0 bridgehead atoms. The van der Waals surface area contributed by atoms with Gasteiger partial charge in [-0.1, -0.05) is 11.6 Å². The third-order valence-corrected chi connectivity index (χ3v) is 7.24. The molecule has 0 radical (unpaired) electrons. The molecule has 0 saturated carbocycles. The summed E-state index contributed by atoms with van der Waals surface area (Å²) in [6, 6.07) is 0.907. The lowest BCUT2D eigenvalue weighted by Crippen LogP contribution is -2.59. The first-order chi connectivity index (χ1) is 15.4. The molecule has 1 aromatic carbocycles. The highest BCUT2D eigenvalue weighted by Gasteiger charge is 2.37. The van der Waals surface area contributed by atoms with Crippen molar-refractivity contribution in [1.29, 1.82) is 0 Å². The minimum absolute atomic E-state index is 0.136. The third kappa shape index (κ3) is 4.28. The van der Waals surface area contributed by atoms with E-state index in [1.54, 1.807) is 11.0 Å². The highest BCUT2D eigenvalue weighted by Crippen LogP contribution is 2.44. The molecule has 1 saturated heterocycles. The van der Waals surface area contributed by atoms with Crippen LogP contribution in [0.15, 0.2) is 15.3 Å². The monoisotopic (exact) mass is 542 g/mol. The SMILES string of the molecule is C[C@H]1CN(c2nc(=O)n3c4c(c(Br)c(Cl)cc24)OC[C@@H]3CO)[C@@H](C)CN1C(=O)OC(C)(C)C. The smallest absolute Gasteiger partial charge is 0.410 e. The van der Waals surface area contributed by atoms with Crippen molar-refractivity contribution in [2.24, 2.45) is 0 Å². The van der Waals surface area contributed by atoms with E-state index in [0.717, 1.165) is 0 Å². The Hall–Kier alpha value is -2.04. The fourth-order valence-corrected chi connectivity index (χ4v) is 4.99. The van der Waals surface area contributed by atoms with E-state index in [4.69, 9.17) is 21.1 Å². The summed E-state index contributed by atoms with van der Waals surface area (Å²) in [6.45, 7) is 10.2. The average molecular weight is 544 g/mol. The highest BCUT2D eigenvalue weighted by molar-refractivity contribution is 9.10. The second kappa shape index (κ2) is 8.63. The summed E-state index contributed by atoms with van der Waals surface area (Å²) in [5.74, 6) is 0.934. The van der Waals surface area contributed by atoms with Crippen molar-refractivity contribution in [1.82, 2.24) is 14.5 Å². The molecular formula is C22H28BrClN4O5. The Morgan fingerprint density at radius 1 is 1.33 bits per heavy atom. The van der Waals surface area contributed by atoms with Gasteiger partial charge in [0, 0.05) is 30.6 Å². The van der Waals surface area contributed by atoms with Crippen LogP contribution in [-0.2, 0) is 4.74 Å². The summed E-state index contributed by atoms with van der Waals surface area (Å²) in [5, 5.41) is 10.9. The van der Waals surface area contributed by atoms with Crippen LogP contribution < -0.4 is 15.3 Å². The van der Waals surface area contributed by atoms with E-state index in [-0.39, 0.29) is 31.4 Å². The van der Waals surface area contributed by atoms with Gasteiger partial charge in [-0.05, 0) is 56.6 Å². The number of aliphatic hydroxyl groups excluding tert-OH is 1. The molecule has 2 aromatic rings. The summed E-state index contributed by atoms with van der Waals surface area (Å²) < 4.78 is 13.5. The fourth-order valence-electron chi connectivity index (χ4n) is 4.38. The van der Waals surface area contributed by atoms with Gasteiger partial charge < -0.3 is 24.4 Å². The van der Waals surface area contributed by atoms with Crippen molar-refractivity contribution in [3.8, 4) is 5.75 Å². The minimum Gasteiger partial charge on any atom is -0.488 e. The molecule has 0 aliphatic carbocycles. The van der Waals surface area contributed by atoms with Crippen LogP contribution in [0.25, 0.3) is 10.9 Å². The van der Waals surface area contributed by atoms with Crippen molar-refractivity contribution >= 4 is 50.3 Å². The van der Waals surface area contributed by atoms with Gasteiger partial charge in [0.25, 0.3) is 0 Å². The van der Waals surface area contributed by atoms with Gasteiger partial charge >= 0.3 is 11.8 Å². The molecule has 9 nitrogen and oxygen atoms in total. The van der Waals surface area contributed by atoms with Gasteiger partial charge in [0.1, 0.15) is 23.5 Å². The van der Waals surface area contributed by atoms with Crippen LogP contribution in [-0.4, -0.2) is 69.6 Å². The number of hydrogen-bond acceptors (Lipinski definition) is 7. The number of halogens is 2. The van der Waals surface area contributed by atoms with Crippen molar-refractivity contribution in [2.45, 2.75) is 58.3 Å². The summed E-state index contributed by atoms with van der Waals surface area (Å²) in [5.41, 5.74) is -0.512. The number of hydrogen-bond donors (Lipinski definition) is 1. The molecule has 4 rings (SSSR count). The average Bonchev–Trinajstić information content (AvgIpc) is 2.73. The first kappa shape index (κ1) is 24.1. The first-order valence-corrected chi connectivity index (χ1v) is 12.0. The largest absolute Gasteiger partial charge is 0.488 e. The molecule has 1 fully saturated rings. The number of piperazine rings is 1. The standard InChI is InChI=1S/C22H28BrClN4O5/c1-11-8-27(21(31)33-22(3,4)5)12(2)7-26(11)19-14-6-15(24)16(23)18-17(14)28(20(30)25-19)13(9-29)10-32-18/h6,11-13,29H,7-10H2,1-5H3/t11-,12-,13-/m0/s1. The van der Waals surface area contributed by atoms with Crippen LogP contribution in [0.3, 0.4) is 0 Å². The zero-order valence-electron chi connectivity index (χ0n) is 19.3. The lowest BCUT2D eigenvalue weighted by Gasteiger charge is -2.45. The number of aliphatic hydroxyl groups is 1. The summed E-state index contributed by atoms with van der Waals surface area (Å²) >= 11 is 9.94. The van der Waals surface area contributed by atoms with Crippen molar-refractivity contribution in [3.05, 3.63) is 26.0 Å². The molecule has 1 aromatic heterocycles. The Balaban J connectivity index is 1.79. The maximum absolute atomic E-state index is 13.1. The number of ether oxygens (including phenoxy) is 2. The van der Waals surface area contributed by atoms with Crippen LogP contribution in [0.5, 0.6) is 5.75 Å². The number of carbonyl (C=O) groups excluding carboxylic acids is 1. The maximum Gasteiger partial charge on any atom is 0.410 e. The number of nitrogens with zero attached hydrogens (tertiary/aromatic N) is 4. The van der Waals surface area contributed by atoms with E-state index in [9.17, 15) is 14.7 Å². The lowest BCUT2D eigenvalue weighted by molar-refractivity contribution is 0.0130. The van der Waals surface area contributed by atoms with Crippen molar-refractivity contribution < 1.29 is 19.4 Å². The Kier molecular flexibility index (Phi) is 6.30. The minimum atomic E-state index is -0.586. The van der Waals surface area contributed by atoms with Crippen molar-refractivity contribution in [2.75, 3.05) is 31.2 Å². The molecule has 2 aliphatic rings. The van der Waals surface area contributed by atoms with E-state index >= 15 is 0 Å². The lowest BCUT2D eigenvalue weighted by atomic mass is 10.1. The highest BCUT2D eigenvalue weighted by atomic mass is 79.9. The molecule has 1 N–H and O–H groups in total. The Morgan fingerprint density at radius 3 is 2.67 bits per heavy atom. The van der Waals surface area contributed by atoms with Crippen LogP contribution in [0.4, 0.5) is 10.6 Å². The molecule has 2 aliphatic heterocycles. The van der Waals surface area contributed by atoms with Crippen LogP contribution in [0.1, 0.15) is 40.7 Å². The summed E-state index contributed by atoms with van der Waals surface area (Å²) in [4.78, 5) is 34.0. The quantitative estimate of drug-likeness (QED) is 0.618. The van der Waals surface area contributed by atoms with Gasteiger partial charge in [0.05, 0.1) is 22.1 Å². The van der Waals surface area contributed by atoms with Crippen LogP contribution in [0, 0.1) is 0 Å². The van der Waals surface area contributed by atoms with Gasteiger partial charge in [-0.15, -0.1) is 0 Å². The van der Waals surface area contributed by atoms with Gasteiger partial charge in [-0.2, -0.15) is 4.98 Å². The van der Waals surface area contributed by atoms with Crippen LogP contribution in [0.2, 0.25) is 5.02 Å². The molecule has 0 unspecified atom stereocenters. The molecule has 0 spiro atoms. The van der Waals surface area contributed by atoms with Crippen molar-refractivity contribution in [3.63, 3.8) is 0 Å². The van der Waals surface area contributed by atoms with E-state index in [0.29, 0.717) is 45.1 Å². The maximum atomic E-state index is 13.1. The predicted octanol–water partition coefficient (Wildman–Crippen LogP) is 3.57. The second-order valence-electron chi connectivity index (χ2n) is 9.62. The zero-order valence-corrected chi connectivity index (χ0v) is 21.6.